The van der Waals surface area contributed by atoms with E-state index in [2.05, 4.69) is 15.3 Å². The summed E-state index contributed by atoms with van der Waals surface area (Å²) in [6.45, 7) is 1.37. The number of hydrogen-bond acceptors (Lipinski definition) is 5. The third kappa shape index (κ3) is 2.15. The maximum absolute atomic E-state index is 12.8. The van der Waals surface area contributed by atoms with Crippen molar-refractivity contribution in [2.45, 2.75) is 19.6 Å². The predicted octanol–water partition coefficient (Wildman–Crippen LogP) is 1.51. The molecule has 2 rings (SSSR count). The number of alkyl halides is 3. The monoisotopic (exact) mass is 263 g/mol. The summed E-state index contributed by atoms with van der Waals surface area (Å²) in [5, 5.41) is 8.64. The van der Waals surface area contributed by atoms with E-state index < -0.39 is 11.9 Å². The van der Waals surface area contributed by atoms with Crippen LogP contribution < -0.4 is 5.73 Å². The minimum Gasteiger partial charge on any atom is -0.325 e. The van der Waals surface area contributed by atoms with E-state index in [0.29, 0.717) is 10.4 Å². The fourth-order valence-corrected chi connectivity index (χ4v) is 2.06. The largest absolute Gasteiger partial charge is 0.435 e. The molecule has 0 saturated carbocycles. The average Bonchev–Trinajstić information content (AvgIpc) is 2.81. The quantitative estimate of drug-likeness (QED) is 0.891. The number of aryl methyl sites for hydroxylation is 1. The number of thiazole rings is 1. The van der Waals surface area contributed by atoms with E-state index in [1.807, 2.05) is 0 Å². The topological polar surface area (TPSA) is 69.6 Å². The van der Waals surface area contributed by atoms with Crippen LogP contribution in [0.4, 0.5) is 13.2 Å². The molecule has 0 atom stereocenters. The van der Waals surface area contributed by atoms with Crippen molar-refractivity contribution >= 4 is 11.3 Å². The fourth-order valence-electron chi connectivity index (χ4n) is 1.31. The lowest BCUT2D eigenvalue weighted by Crippen LogP contribution is -2.16. The lowest BCUT2D eigenvalue weighted by molar-refractivity contribution is -0.143. The first-order valence-corrected chi connectivity index (χ1v) is 5.45. The van der Waals surface area contributed by atoms with Crippen LogP contribution in [0, 0.1) is 6.92 Å². The average molecular weight is 263 g/mol. The van der Waals surface area contributed by atoms with Crippen LogP contribution in [0.2, 0.25) is 0 Å². The molecule has 0 aliphatic rings. The summed E-state index contributed by atoms with van der Waals surface area (Å²) in [5.41, 5.74) is 4.59. The van der Waals surface area contributed by atoms with Crippen molar-refractivity contribution in [2.75, 3.05) is 0 Å². The van der Waals surface area contributed by atoms with E-state index in [1.54, 1.807) is 12.3 Å². The van der Waals surface area contributed by atoms with Crippen LogP contribution in [0.15, 0.2) is 5.38 Å². The van der Waals surface area contributed by atoms with Crippen LogP contribution in [0.5, 0.6) is 0 Å². The zero-order valence-corrected chi connectivity index (χ0v) is 9.51. The van der Waals surface area contributed by atoms with Gasteiger partial charge in [0.2, 0.25) is 5.13 Å². The molecular formula is C8H8F3N5S. The zero-order chi connectivity index (χ0) is 12.6. The predicted molar refractivity (Wildman–Crippen MR) is 54.7 cm³/mol. The van der Waals surface area contributed by atoms with Crippen LogP contribution in [-0.2, 0) is 12.7 Å². The van der Waals surface area contributed by atoms with Crippen molar-refractivity contribution < 1.29 is 13.2 Å². The number of halogens is 3. The molecule has 0 aliphatic heterocycles. The van der Waals surface area contributed by atoms with Gasteiger partial charge < -0.3 is 5.73 Å². The summed E-state index contributed by atoms with van der Waals surface area (Å²) in [6.07, 6.45) is -4.56. The van der Waals surface area contributed by atoms with E-state index in [1.165, 1.54) is 0 Å². The van der Waals surface area contributed by atoms with Gasteiger partial charge in [-0.15, -0.1) is 16.4 Å². The lowest BCUT2D eigenvalue weighted by Gasteiger charge is -2.08. The maximum Gasteiger partial charge on any atom is 0.435 e. The minimum absolute atomic E-state index is 0.127. The standard InChI is InChI=1S/C8H8F3N5S/c1-4-3-17-7(13-4)16-6(8(9,10)11)5(2-12)14-15-16/h3H,2,12H2,1H3. The van der Waals surface area contributed by atoms with Gasteiger partial charge in [-0.1, -0.05) is 5.21 Å². The molecule has 0 bridgehead atoms. The van der Waals surface area contributed by atoms with Crippen molar-refractivity contribution in [2.24, 2.45) is 5.73 Å². The first-order valence-electron chi connectivity index (χ1n) is 4.58. The van der Waals surface area contributed by atoms with Crippen LogP contribution >= 0.6 is 11.3 Å². The summed E-state index contributed by atoms with van der Waals surface area (Å²) in [5.74, 6) is 0. The molecule has 17 heavy (non-hydrogen) atoms. The Kier molecular flexibility index (Phi) is 2.87. The second-order valence-electron chi connectivity index (χ2n) is 3.27. The lowest BCUT2D eigenvalue weighted by atomic mass is 10.3. The van der Waals surface area contributed by atoms with E-state index >= 15 is 0 Å². The van der Waals surface area contributed by atoms with Gasteiger partial charge >= 0.3 is 6.18 Å². The number of hydrogen-bond donors (Lipinski definition) is 1. The number of aromatic nitrogens is 4. The van der Waals surface area contributed by atoms with E-state index in [4.69, 9.17) is 5.73 Å². The van der Waals surface area contributed by atoms with Gasteiger partial charge in [0.25, 0.3) is 0 Å². The molecule has 0 radical (unpaired) electrons. The SMILES string of the molecule is Cc1csc(-n2nnc(CN)c2C(F)(F)F)n1. The van der Waals surface area contributed by atoms with Crippen LogP contribution in [0.3, 0.4) is 0 Å². The van der Waals surface area contributed by atoms with E-state index in [0.717, 1.165) is 11.3 Å². The minimum atomic E-state index is -4.56. The van der Waals surface area contributed by atoms with Crippen molar-refractivity contribution in [3.63, 3.8) is 0 Å². The fraction of sp³-hybridized carbons (Fsp3) is 0.375. The molecule has 0 fully saturated rings. The molecule has 0 aliphatic carbocycles. The molecule has 0 amide bonds. The number of rotatable bonds is 2. The molecule has 0 aromatic carbocycles. The van der Waals surface area contributed by atoms with Crippen LogP contribution in [-0.4, -0.2) is 20.0 Å². The molecule has 0 spiro atoms. The summed E-state index contributed by atoms with van der Waals surface area (Å²) in [4.78, 5) is 3.94. The molecule has 92 valence electrons. The maximum atomic E-state index is 12.8. The summed E-state index contributed by atoms with van der Waals surface area (Å²) < 4.78 is 39.2. The highest BCUT2D eigenvalue weighted by Crippen LogP contribution is 2.33. The first-order chi connectivity index (χ1) is 7.93. The second-order valence-corrected chi connectivity index (χ2v) is 4.11. The summed E-state index contributed by atoms with van der Waals surface area (Å²) in [7, 11) is 0. The highest BCUT2D eigenvalue weighted by Gasteiger charge is 2.39. The second kappa shape index (κ2) is 4.08. The van der Waals surface area contributed by atoms with Gasteiger partial charge in [0.05, 0.1) is 5.69 Å². The normalized spacial score (nSPS) is 12.1. The smallest absolute Gasteiger partial charge is 0.325 e. The highest BCUT2D eigenvalue weighted by molar-refractivity contribution is 7.12. The molecule has 5 nitrogen and oxygen atoms in total. The molecule has 2 heterocycles. The Morgan fingerprint density at radius 2 is 2.18 bits per heavy atom. The van der Waals surface area contributed by atoms with Gasteiger partial charge in [-0.2, -0.15) is 17.9 Å². The van der Waals surface area contributed by atoms with Crippen molar-refractivity contribution in [1.29, 1.82) is 0 Å². The molecule has 0 unspecified atom stereocenters. The molecule has 0 saturated heterocycles. The first kappa shape index (κ1) is 12.0. The van der Waals surface area contributed by atoms with Gasteiger partial charge in [-0.3, -0.25) is 0 Å². The van der Waals surface area contributed by atoms with Gasteiger partial charge in [-0.25, -0.2) is 4.98 Å². The Morgan fingerprint density at radius 1 is 1.47 bits per heavy atom. The Bertz CT molecular complexity index is 529. The number of nitrogens with zero attached hydrogens (tertiary/aromatic N) is 4. The third-order valence-corrected chi connectivity index (χ3v) is 2.92. The molecule has 2 aromatic heterocycles. The summed E-state index contributed by atoms with van der Waals surface area (Å²) in [6, 6.07) is 0. The number of nitrogens with two attached hydrogens (primary N) is 1. The highest BCUT2D eigenvalue weighted by atomic mass is 32.1. The van der Waals surface area contributed by atoms with Crippen LogP contribution in [0.1, 0.15) is 17.1 Å². The Balaban J connectivity index is 2.59. The van der Waals surface area contributed by atoms with Gasteiger partial charge in [-0.05, 0) is 6.92 Å². The molecule has 9 heteroatoms. The van der Waals surface area contributed by atoms with Crippen molar-refractivity contribution in [3.8, 4) is 5.13 Å². The van der Waals surface area contributed by atoms with E-state index in [-0.39, 0.29) is 17.4 Å². The third-order valence-electron chi connectivity index (χ3n) is 1.99. The zero-order valence-electron chi connectivity index (χ0n) is 8.69. The van der Waals surface area contributed by atoms with Crippen LogP contribution in [0.25, 0.3) is 5.13 Å². The van der Waals surface area contributed by atoms with Gasteiger partial charge in [0.1, 0.15) is 5.69 Å². The van der Waals surface area contributed by atoms with Gasteiger partial charge in [0.15, 0.2) is 5.69 Å². The Morgan fingerprint density at radius 3 is 2.65 bits per heavy atom. The Labute approximate surface area is 98.1 Å². The summed E-state index contributed by atoms with van der Waals surface area (Å²) >= 11 is 1.07. The van der Waals surface area contributed by atoms with Crippen molar-refractivity contribution in [1.82, 2.24) is 20.0 Å². The molecular weight excluding hydrogens is 255 g/mol. The molecule has 2 aromatic rings. The molecule has 2 N–H and O–H groups in total. The Hall–Kier alpha value is -1.48. The van der Waals surface area contributed by atoms with E-state index in [9.17, 15) is 13.2 Å². The van der Waals surface area contributed by atoms with Gasteiger partial charge in [0, 0.05) is 11.9 Å². The van der Waals surface area contributed by atoms with Crippen molar-refractivity contribution in [3.05, 3.63) is 22.5 Å².